The summed E-state index contributed by atoms with van der Waals surface area (Å²) in [6.45, 7) is 17.8. The Morgan fingerprint density at radius 3 is 2.05 bits per heavy atom. The molecule has 0 heterocycles. The van der Waals surface area contributed by atoms with E-state index < -0.39 is 28.9 Å². The topological polar surface area (TPSA) is 87.7 Å². The Bertz CT molecular complexity index is 932. The first-order chi connectivity index (χ1) is 17.1. The van der Waals surface area contributed by atoms with E-state index >= 15 is 0 Å². The molecule has 7 heteroatoms. The summed E-state index contributed by atoms with van der Waals surface area (Å²) in [5.74, 6) is -0.546. The smallest absolute Gasteiger partial charge is 0.333 e. The van der Waals surface area contributed by atoms with Crippen LogP contribution >= 0.6 is 0 Å². The number of rotatable bonds is 12. The molecule has 0 aliphatic rings. The third kappa shape index (κ3) is 8.99. The first kappa shape index (κ1) is 32.4. The van der Waals surface area contributed by atoms with Gasteiger partial charge < -0.3 is 20.3 Å². The third-order valence-electron chi connectivity index (χ3n) is 6.79. The molecule has 0 saturated heterocycles. The highest BCUT2D eigenvalue weighted by atomic mass is 16.5. The fourth-order valence-corrected chi connectivity index (χ4v) is 4.52. The molecule has 1 aromatic rings. The van der Waals surface area contributed by atoms with Crippen molar-refractivity contribution in [3.8, 4) is 0 Å². The van der Waals surface area contributed by atoms with Gasteiger partial charge in [0.1, 0.15) is 6.04 Å². The Labute approximate surface area is 224 Å². The summed E-state index contributed by atoms with van der Waals surface area (Å²) in [6.07, 6.45) is 2.47. The molecule has 0 fully saturated rings. The molecule has 0 bridgehead atoms. The number of esters is 1. The van der Waals surface area contributed by atoms with E-state index in [9.17, 15) is 14.4 Å². The Balaban J connectivity index is 3.30. The zero-order valence-corrected chi connectivity index (χ0v) is 24.8. The van der Waals surface area contributed by atoms with Crippen LogP contribution in [0.5, 0.6) is 0 Å². The number of benzene rings is 1. The monoisotopic (exact) mass is 515 g/mol. The summed E-state index contributed by atoms with van der Waals surface area (Å²) in [7, 11) is 3.50. The minimum atomic E-state index is -0.765. The number of carbonyl (C=O) groups excluding carboxylic acids is 3. The lowest BCUT2D eigenvalue weighted by Gasteiger charge is -2.39. The third-order valence-corrected chi connectivity index (χ3v) is 6.79. The van der Waals surface area contributed by atoms with Crippen LogP contribution < -0.4 is 10.6 Å². The lowest BCUT2D eigenvalue weighted by Crippen LogP contribution is -2.61. The second kappa shape index (κ2) is 13.8. The average molecular weight is 516 g/mol. The number of carbonyl (C=O) groups is 3. The maximum Gasteiger partial charge on any atom is 0.333 e. The number of ether oxygens (including phenoxy) is 1. The highest BCUT2D eigenvalue weighted by Crippen LogP contribution is 2.29. The van der Waals surface area contributed by atoms with Crippen molar-refractivity contribution in [1.29, 1.82) is 0 Å². The Hall–Kier alpha value is -2.67. The van der Waals surface area contributed by atoms with E-state index in [-0.39, 0.29) is 30.4 Å². The molecule has 0 spiro atoms. The number of amides is 2. The molecule has 7 nitrogen and oxygen atoms in total. The van der Waals surface area contributed by atoms with Crippen molar-refractivity contribution >= 4 is 17.8 Å². The van der Waals surface area contributed by atoms with Crippen molar-refractivity contribution in [2.75, 3.05) is 20.7 Å². The Morgan fingerprint density at radius 2 is 1.59 bits per heavy atom. The van der Waals surface area contributed by atoms with Crippen LogP contribution in [0.2, 0.25) is 0 Å². The molecule has 0 radical (unpaired) electrons. The standard InChI is InChI=1S/C30H49N3O4/c1-12-37-28(36)21(4)19-23(18-20(2)3)33(11)27(35)25(29(5,6)7)32-26(34)24(31-10)30(8,9)22-16-14-13-15-17-22/h13-17,19-20,23-25,31H,12,18H2,1-11H3,(H,32,34)/b21-19+/t23-,24+,25+/m0/s1. The number of nitrogens with one attached hydrogen (secondary N) is 2. The molecule has 0 unspecified atom stereocenters. The molecule has 0 aliphatic carbocycles. The highest BCUT2D eigenvalue weighted by Gasteiger charge is 2.41. The van der Waals surface area contributed by atoms with Gasteiger partial charge in [-0.2, -0.15) is 0 Å². The maximum atomic E-state index is 13.9. The summed E-state index contributed by atoms with van der Waals surface area (Å²) in [6, 6.07) is 8.23. The predicted octanol–water partition coefficient (Wildman–Crippen LogP) is 4.47. The van der Waals surface area contributed by atoms with Gasteiger partial charge in [-0.25, -0.2) is 4.79 Å². The number of likely N-dealkylation sites (N-methyl/N-ethyl adjacent to an activating group) is 2. The van der Waals surface area contributed by atoms with Crippen LogP contribution in [0.1, 0.15) is 74.3 Å². The lowest BCUT2D eigenvalue weighted by atomic mass is 9.76. The van der Waals surface area contributed by atoms with Gasteiger partial charge in [0, 0.05) is 18.0 Å². The first-order valence-electron chi connectivity index (χ1n) is 13.2. The zero-order valence-electron chi connectivity index (χ0n) is 24.8. The fourth-order valence-electron chi connectivity index (χ4n) is 4.52. The molecule has 2 amide bonds. The van der Waals surface area contributed by atoms with Crippen LogP contribution in [-0.2, 0) is 24.5 Å². The van der Waals surface area contributed by atoms with E-state index in [4.69, 9.17) is 4.74 Å². The molecule has 208 valence electrons. The van der Waals surface area contributed by atoms with E-state index in [0.717, 1.165) is 5.56 Å². The van der Waals surface area contributed by atoms with Crippen LogP contribution in [0.3, 0.4) is 0 Å². The van der Waals surface area contributed by atoms with Crippen molar-refractivity contribution in [3.63, 3.8) is 0 Å². The number of hydrogen-bond donors (Lipinski definition) is 2. The van der Waals surface area contributed by atoms with Crippen LogP contribution in [0.15, 0.2) is 42.0 Å². The maximum absolute atomic E-state index is 13.9. The summed E-state index contributed by atoms with van der Waals surface area (Å²) in [5, 5.41) is 6.23. The molecular weight excluding hydrogens is 466 g/mol. The molecular formula is C30H49N3O4. The van der Waals surface area contributed by atoms with Gasteiger partial charge in [-0.05, 0) is 44.2 Å². The van der Waals surface area contributed by atoms with Crippen LogP contribution in [0, 0.1) is 11.3 Å². The molecule has 37 heavy (non-hydrogen) atoms. The van der Waals surface area contributed by atoms with Gasteiger partial charge in [-0.1, -0.05) is 84.9 Å². The zero-order chi connectivity index (χ0) is 28.6. The van der Waals surface area contributed by atoms with E-state index in [1.165, 1.54) is 0 Å². The van der Waals surface area contributed by atoms with Crippen molar-refractivity contribution in [3.05, 3.63) is 47.5 Å². The van der Waals surface area contributed by atoms with Gasteiger partial charge >= 0.3 is 5.97 Å². The van der Waals surface area contributed by atoms with Crippen LogP contribution in [-0.4, -0.2) is 61.5 Å². The largest absolute Gasteiger partial charge is 0.463 e. The van der Waals surface area contributed by atoms with E-state index in [2.05, 4.69) is 24.5 Å². The average Bonchev–Trinajstić information content (AvgIpc) is 2.81. The van der Waals surface area contributed by atoms with Crippen molar-refractivity contribution in [2.24, 2.45) is 11.3 Å². The Kier molecular flexibility index (Phi) is 12.0. The van der Waals surface area contributed by atoms with Gasteiger partial charge in [-0.15, -0.1) is 0 Å². The summed E-state index contributed by atoms with van der Waals surface area (Å²) >= 11 is 0. The number of nitrogens with zero attached hydrogens (tertiary/aromatic N) is 1. The van der Waals surface area contributed by atoms with Crippen molar-refractivity contribution in [1.82, 2.24) is 15.5 Å². The van der Waals surface area contributed by atoms with Gasteiger partial charge in [-0.3, -0.25) is 9.59 Å². The van der Waals surface area contributed by atoms with Crippen molar-refractivity contribution < 1.29 is 19.1 Å². The normalized spacial score (nSPS) is 15.1. The van der Waals surface area contributed by atoms with E-state index in [0.29, 0.717) is 12.0 Å². The second-order valence-corrected chi connectivity index (χ2v) is 11.8. The molecule has 2 N–H and O–H groups in total. The molecule has 0 aliphatic heterocycles. The fraction of sp³-hybridized carbons (Fsp3) is 0.633. The quantitative estimate of drug-likeness (QED) is 0.317. The molecule has 1 aromatic carbocycles. The number of hydrogen-bond acceptors (Lipinski definition) is 5. The van der Waals surface area contributed by atoms with Crippen LogP contribution in [0.25, 0.3) is 0 Å². The minimum absolute atomic E-state index is 0.202. The van der Waals surface area contributed by atoms with Gasteiger partial charge in [0.25, 0.3) is 0 Å². The predicted molar refractivity (Wildman–Crippen MR) is 150 cm³/mol. The van der Waals surface area contributed by atoms with Gasteiger partial charge in [0.2, 0.25) is 11.8 Å². The molecule has 0 aromatic heterocycles. The lowest BCUT2D eigenvalue weighted by molar-refractivity contribution is -0.141. The molecule has 1 rings (SSSR count). The van der Waals surface area contributed by atoms with Crippen molar-refractivity contribution in [2.45, 2.75) is 92.3 Å². The second-order valence-electron chi connectivity index (χ2n) is 11.8. The summed E-state index contributed by atoms with van der Waals surface area (Å²) in [4.78, 5) is 41.5. The highest BCUT2D eigenvalue weighted by molar-refractivity contribution is 5.92. The van der Waals surface area contributed by atoms with E-state index in [1.807, 2.05) is 65.0 Å². The van der Waals surface area contributed by atoms with E-state index in [1.54, 1.807) is 38.9 Å². The van der Waals surface area contributed by atoms with Gasteiger partial charge in [0.15, 0.2) is 0 Å². The minimum Gasteiger partial charge on any atom is -0.463 e. The summed E-state index contributed by atoms with van der Waals surface area (Å²) in [5.41, 5.74) is 0.426. The Morgan fingerprint density at radius 1 is 1.03 bits per heavy atom. The van der Waals surface area contributed by atoms with Crippen LogP contribution in [0.4, 0.5) is 0 Å². The summed E-state index contributed by atoms with van der Waals surface area (Å²) < 4.78 is 5.14. The molecule has 3 atom stereocenters. The SMILES string of the molecule is CCOC(=O)/C(C)=C/[C@H](CC(C)C)N(C)C(=O)[C@@H](NC(=O)[C@@H](NC)C(C)(C)c1ccccc1)C(C)(C)C. The molecule has 0 saturated carbocycles. The van der Waals surface area contributed by atoms with Gasteiger partial charge in [0.05, 0.1) is 18.7 Å². The first-order valence-corrected chi connectivity index (χ1v) is 13.2.